The highest BCUT2D eigenvalue weighted by atomic mass is 32.5. The summed E-state index contributed by atoms with van der Waals surface area (Å²) in [6, 6.07) is 0. The van der Waals surface area contributed by atoms with Gasteiger partial charge in [-0.25, -0.2) is 24.9 Å². The maximum Gasteiger partial charge on any atom is 0.324 e. The molecule has 204 valence electrons. The molecule has 6 rings (SSSR count). The first-order valence-corrected chi connectivity index (χ1v) is 14.5. The summed E-state index contributed by atoms with van der Waals surface area (Å²) in [4.78, 5) is 33.5. The van der Waals surface area contributed by atoms with E-state index in [1.165, 1.54) is 19.0 Å². The summed E-state index contributed by atoms with van der Waals surface area (Å²) in [5, 5.41) is 13.0. The van der Waals surface area contributed by atoms with Gasteiger partial charge in [-0.1, -0.05) is 0 Å². The summed E-state index contributed by atoms with van der Waals surface area (Å²) >= 11 is 5.27. The zero-order valence-electron chi connectivity index (χ0n) is 20.0. The van der Waals surface area contributed by atoms with Crippen LogP contribution in [0.4, 0.5) is 23.1 Å². The van der Waals surface area contributed by atoms with Gasteiger partial charge in [0.25, 0.3) is 0 Å². The molecule has 0 saturated carbocycles. The van der Waals surface area contributed by atoms with Crippen LogP contribution in [0.25, 0.3) is 11.2 Å². The van der Waals surface area contributed by atoms with E-state index in [2.05, 4.69) is 30.2 Å². The number of imidazole rings is 1. The van der Waals surface area contributed by atoms with Crippen LogP contribution in [0.3, 0.4) is 0 Å². The highest BCUT2D eigenvalue weighted by Crippen LogP contribution is 2.49. The van der Waals surface area contributed by atoms with Gasteiger partial charge in [-0.2, -0.15) is 0 Å². The van der Waals surface area contributed by atoms with E-state index in [1.807, 2.05) is 4.90 Å². The van der Waals surface area contributed by atoms with Gasteiger partial charge in [-0.15, -0.1) is 0 Å². The third-order valence-electron chi connectivity index (χ3n) is 6.74. The second-order valence-corrected chi connectivity index (χ2v) is 11.9. The minimum Gasteiger partial charge on any atom is -0.394 e. The molecule has 6 heterocycles. The van der Waals surface area contributed by atoms with E-state index in [9.17, 15) is 10.00 Å². The van der Waals surface area contributed by atoms with Gasteiger partial charge in [-0.3, -0.25) is 4.57 Å². The summed E-state index contributed by atoms with van der Waals surface area (Å²) in [5.74, 6) is 1.31. The molecule has 3 aliphatic heterocycles. The van der Waals surface area contributed by atoms with Gasteiger partial charge in [0, 0.05) is 6.42 Å². The number of hydrogen-bond acceptors (Lipinski definition) is 15. The lowest BCUT2D eigenvalue weighted by Crippen LogP contribution is -2.36. The first-order valence-electron chi connectivity index (χ1n) is 11.9. The van der Waals surface area contributed by atoms with Gasteiger partial charge >= 0.3 is 6.72 Å². The average Bonchev–Trinajstić information content (AvgIpc) is 3.68. The maximum atomic E-state index is 10.8. The Morgan fingerprint density at radius 3 is 2.76 bits per heavy atom. The number of rotatable bonds is 8. The minimum absolute atomic E-state index is 0.0491. The van der Waals surface area contributed by atoms with Crippen LogP contribution in [0.2, 0.25) is 0 Å². The Labute approximate surface area is 221 Å². The smallest absolute Gasteiger partial charge is 0.324 e. The van der Waals surface area contributed by atoms with E-state index in [0.29, 0.717) is 41.6 Å². The minimum atomic E-state index is -3.68. The summed E-state index contributed by atoms with van der Waals surface area (Å²) in [6.45, 7) is -3.48. The predicted octanol–water partition coefficient (Wildman–Crippen LogP) is 0.0738. The van der Waals surface area contributed by atoms with E-state index in [1.54, 1.807) is 4.57 Å². The van der Waals surface area contributed by atoms with E-state index < -0.39 is 25.2 Å². The van der Waals surface area contributed by atoms with Crippen molar-refractivity contribution in [2.24, 2.45) is 0 Å². The molecular formula is C20H27N10O6PS. The number of aliphatic hydroxyl groups is 1. The van der Waals surface area contributed by atoms with Crippen LogP contribution >= 0.6 is 6.72 Å². The molecule has 18 heteroatoms. The number of nitrogen functional groups attached to an aromatic ring is 2. The number of nitrogens with one attached hydrogen (secondary N) is 1. The fourth-order valence-corrected chi connectivity index (χ4v) is 6.39. The number of ether oxygens (including phenoxy) is 2. The topological polar surface area (TPSA) is 214 Å². The van der Waals surface area contributed by atoms with Crippen molar-refractivity contribution in [3.05, 3.63) is 19.0 Å². The molecule has 7 N–H and O–H groups in total. The predicted molar refractivity (Wildman–Crippen MR) is 138 cm³/mol. The van der Waals surface area contributed by atoms with Crippen molar-refractivity contribution in [1.82, 2.24) is 29.5 Å². The Hall–Kier alpha value is -2.76. The highest BCUT2D eigenvalue weighted by molar-refractivity contribution is 8.07. The highest BCUT2D eigenvalue weighted by Gasteiger charge is 2.41. The second kappa shape index (κ2) is 10.1. The first-order chi connectivity index (χ1) is 18.3. The zero-order valence-corrected chi connectivity index (χ0v) is 21.7. The molecule has 2 saturated heterocycles. The largest absolute Gasteiger partial charge is 0.394 e. The van der Waals surface area contributed by atoms with E-state index in [4.69, 9.17) is 41.8 Å². The zero-order chi connectivity index (χ0) is 26.4. The molecule has 6 atom stereocenters. The number of hydrogen-bond donors (Lipinski definition) is 5. The van der Waals surface area contributed by atoms with Crippen LogP contribution in [0, 0.1) is 0 Å². The SMILES string of the molecule is Nc1ncnc2c1NCN2[C@H]1CC[C@@H](COP(O)(=S)O[C@@H]2C[C@H](n3cnc4c(N)ncnc43)O[C@@H]2CO)O1. The van der Waals surface area contributed by atoms with Gasteiger partial charge in [-0.05, 0) is 24.6 Å². The van der Waals surface area contributed by atoms with Gasteiger partial charge in [0.1, 0.15) is 42.4 Å². The standard InChI is InChI=1S/C20H27N10O6PS/c21-17-15-19(25-6-23-17)29(8-27-15)13-2-1-10(34-13)5-33-37(32,38)36-11-3-14(35-12(11)4-31)30-9-28-16-18(22)24-7-26-20(16)30/h6-7,9-14,27,31H,1-5,8H2,(H,32,38)(H2,21,23,25)(H2,22,24,26)/t10-,11+,12+,13+,14+,37?/m0/s1. The average molecular weight is 567 g/mol. The van der Waals surface area contributed by atoms with Crippen LogP contribution in [-0.2, 0) is 30.3 Å². The monoisotopic (exact) mass is 566 g/mol. The van der Waals surface area contributed by atoms with Crippen LogP contribution in [-0.4, -0.2) is 83.9 Å². The Balaban J connectivity index is 1.05. The molecule has 16 nitrogen and oxygen atoms in total. The second-order valence-electron chi connectivity index (χ2n) is 9.09. The van der Waals surface area contributed by atoms with Crippen LogP contribution in [0.1, 0.15) is 25.5 Å². The van der Waals surface area contributed by atoms with E-state index in [0.717, 1.165) is 6.42 Å². The lowest BCUT2D eigenvalue weighted by atomic mass is 10.2. The fourth-order valence-electron chi connectivity index (χ4n) is 4.90. The van der Waals surface area contributed by atoms with Gasteiger partial charge in [0.2, 0.25) is 0 Å². The van der Waals surface area contributed by atoms with Crippen molar-refractivity contribution in [3.63, 3.8) is 0 Å². The molecule has 0 radical (unpaired) electrons. The molecule has 0 spiro atoms. The Kier molecular flexibility index (Phi) is 6.77. The van der Waals surface area contributed by atoms with Crippen LogP contribution < -0.4 is 21.7 Å². The van der Waals surface area contributed by atoms with Crippen molar-refractivity contribution < 1.29 is 28.5 Å². The quantitative estimate of drug-likeness (QED) is 0.228. The number of aliphatic hydroxyl groups excluding tert-OH is 1. The molecule has 3 aromatic rings. The number of nitrogens with zero attached hydrogens (tertiary/aromatic N) is 7. The van der Waals surface area contributed by atoms with Crippen molar-refractivity contribution in [1.29, 1.82) is 0 Å². The van der Waals surface area contributed by atoms with Gasteiger partial charge in [0.05, 0.1) is 38.4 Å². The third kappa shape index (κ3) is 4.76. The van der Waals surface area contributed by atoms with E-state index >= 15 is 0 Å². The normalized spacial score (nSPS) is 28.5. The van der Waals surface area contributed by atoms with Gasteiger partial charge < -0.3 is 50.2 Å². The van der Waals surface area contributed by atoms with Crippen molar-refractivity contribution in [2.75, 3.05) is 41.6 Å². The molecule has 0 bridgehead atoms. The number of nitrogens with two attached hydrogens (primary N) is 2. The Morgan fingerprint density at radius 1 is 1.11 bits per heavy atom. The molecule has 3 aromatic heterocycles. The molecule has 0 amide bonds. The molecule has 0 aromatic carbocycles. The van der Waals surface area contributed by atoms with Crippen molar-refractivity contribution in [2.45, 2.75) is 50.0 Å². The fraction of sp³-hybridized carbons (Fsp3) is 0.550. The number of anilines is 4. The number of aromatic nitrogens is 6. The lowest BCUT2D eigenvalue weighted by molar-refractivity contribution is -0.0429. The van der Waals surface area contributed by atoms with Gasteiger partial charge in [0.15, 0.2) is 23.1 Å². The number of fused-ring (bicyclic) bond motifs is 2. The molecular weight excluding hydrogens is 539 g/mol. The van der Waals surface area contributed by atoms with E-state index in [-0.39, 0.29) is 37.8 Å². The molecule has 38 heavy (non-hydrogen) atoms. The Bertz CT molecular complexity index is 1380. The van der Waals surface area contributed by atoms with Crippen molar-refractivity contribution >= 4 is 52.8 Å². The summed E-state index contributed by atoms with van der Waals surface area (Å²) in [7, 11) is 0. The Morgan fingerprint density at radius 2 is 1.92 bits per heavy atom. The maximum absolute atomic E-state index is 10.8. The third-order valence-corrected chi connectivity index (χ3v) is 8.32. The summed E-state index contributed by atoms with van der Waals surface area (Å²) in [5.41, 5.74) is 13.4. The first kappa shape index (κ1) is 25.5. The molecule has 0 aliphatic carbocycles. The molecule has 3 aliphatic rings. The summed E-state index contributed by atoms with van der Waals surface area (Å²) in [6.07, 6.45) is 3.42. The summed E-state index contributed by atoms with van der Waals surface area (Å²) < 4.78 is 25.2. The lowest BCUT2D eigenvalue weighted by Gasteiger charge is -2.26. The van der Waals surface area contributed by atoms with Crippen LogP contribution in [0.15, 0.2) is 19.0 Å². The van der Waals surface area contributed by atoms with Crippen LogP contribution in [0.5, 0.6) is 0 Å². The molecule has 1 unspecified atom stereocenters. The molecule has 2 fully saturated rings. The van der Waals surface area contributed by atoms with Crippen molar-refractivity contribution in [3.8, 4) is 0 Å².